The lowest BCUT2D eigenvalue weighted by molar-refractivity contribution is -0.146. The minimum Gasteiger partial charge on any atom is -0.497 e. The number of carbonyl (C=O) groups is 1. The zero-order valence-corrected chi connectivity index (χ0v) is 20.9. The van der Waals surface area contributed by atoms with Gasteiger partial charge < -0.3 is 15.6 Å². The highest BCUT2D eigenvalue weighted by Crippen LogP contribution is 2.35. The molecule has 3 heterocycles. The van der Waals surface area contributed by atoms with Gasteiger partial charge in [-0.3, -0.25) is 14.7 Å². The molecule has 4 rings (SSSR count). The molecule has 1 fully saturated rings. The van der Waals surface area contributed by atoms with E-state index in [1.165, 1.54) is 17.4 Å². The number of thiophene rings is 1. The summed E-state index contributed by atoms with van der Waals surface area (Å²) in [6, 6.07) is 6.62. The Labute approximate surface area is 212 Å². The second-order valence-corrected chi connectivity index (χ2v) is 10.0. The van der Waals surface area contributed by atoms with Gasteiger partial charge in [0.05, 0.1) is 30.1 Å². The standard InChI is InChI=1S/C26H27ClFN3O3S/c1-34-17-5-7-23-18(13-17)25(20(27)14-30-23)22(29)6-4-16-8-11-31(15-19(16)26(32)33)10-2-3-24-21(28)9-12-35-24/h5,7,9,12-14,16,19,22H,4,6,8,10-11,15,29H2,1H3,(H,32,33)/t16-,19+,22-/m0/s1. The summed E-state index contributed by atoms with van der Waals surface area (Å²) in [5.41, 5.74) is 8.17. The smallest absolute Gasteiger partial charge is 0.308 e. The van der Waals surface area contributed by atoms with Crippen molar-refractivity contribution in [1.29, 1.82) is 0 Å². The molecule has 2 aromatic heterocycles. The molecule has 1 aromatic carbocycles. The van der Waals surface area contributed by atoms with E-state index in [-0.39, 0.29) is 17.8 Å². The Morgan fingerprint density at radius 3 is 3.00 bits per heavy atom. The van der Waals surface area contributed by atoms with E-state index in [1.807, 2.05) is 23.1 Å². The predicted octanol–water partition coefficient (Wildman–Crippen LogP) is 4.95. The molecule has 0 amide bonds. The van der Waals surface area contributed by atoms with Crippen molar-refractivity contribution in [3.63, 3.8) is 0 Å². The van der Waals surface area contributed by atoms with Crippen LogP contribution >= 0.6 is 22.9 Å². The first-order chi connectivity index (χ1) is 16.9. The molecule has 1 saturated heterocycles. The van der Waals surface area contributed by atoms with E-state index in [2.05, 4.69) is 16.8 Å². The summed E-state index contributed by atoms with van der Waals surface area (Å²) >= 11 is 7.75. The van der Waals surface area contributed by atoms with Crippen LogP contribution in [0.5, 0.6) is 5.75 Å². The number of benzene rings is 1. The second kappa shape index (κ2) is 11.4. The number of aliphatic carboxylic acids is 1. The lowest BCUT2D eigenvalue weighted by Crippen LogP contribution is -2.44. The number of ether oxygens (including phenoxy) is 1. The number of hydrogen-bond donors (Lipinski definition) is 2. The van der Waals surface area contributed by atoms with Crippen LogP contribution in [-0.2, 0) is 4.79 Å². The normalized spacial score (nSPS) is 19.2. The molecule has 0 radical (unpaired) electrons. The number of pyridine rings is 1. The highest BCUT2D eigenvalue weighted by Gasteiger charge is 2.34. The number of halogens is 2. The molecule has 184 valence electrons. The molecule has 3 N–H and O–H groups in total. The Morgan fingerprint density at radius 2 is 2.29 bits per heavy atom. The van der Waals surface area contributed by atoms with Crippen molar-refractivity contribution in [2.75, 3.05) is 26.7 Å². The van der Waals surface area contributed by atoms with Gasteiger partial charge in [0.1, 0.15) is 16.4 Å². The summed E-state index contributed by atoms with van der Waals surface area (Å²) in [6.45, 7) is 1.56. The molecule has 1 aliphatic rings. The second-order valence-electron chi connectivity index (χ2n) is 8.71. The van der Waals surface area contributed by atoms with Gasteiger partial charge in [0.15, 0.2) is 0 Å². The van der Waals surface area contributed by atoms with Crippen molar-refractivity contribution in [1.82, 2.24) is 9.88 Å². The van der Waals surface area contributed by atoms with E-state index in [0.717, 1.165) is 29.4 Å². The third-order valence-corrected chi connectivity index (χ3v) is 7.67. The van der Waals surface area contributed by atoms with Crippen molar-refractivity contribution < 1.29 is 19.0 Å². The first kappa shape index (κ1) is 25.4. The zero-order chi connectivity index (χ0) is 24.9. The average Bonchev–Trinajstić information content (AvgIpc) is 3.26. The van der Waals surface area contributed by atoms with Gasteiger partial charge in [0, 0.05) is 24.2 Å². The number of nitrogens with two attached hydrogens (primary N) is 1. The molecule has 35 heavy (non-hydrogen) atoms. The summed E-state index contributed by atoms with van der Waals surface area (Å²) < 4.78 is 18.9. The Bertz CT molecular complexity index is 1270. The lowest BCUT2D eigenvalue weighted by atomic mass is 9.81. The van der Waals surface area contributed by atoms with E-state index in [0.29, 0.717) is 41.6 Å². The molecule has 0 spiro atoms. The van der Waals surface area contributed by atoms with Crippen LogP contribution in [0, 0.1) is 29.5 Å². The number of fused-ring (bicyclic) bond motifs is 1. The van der Waals surface area contributed by atoms with Crippen LogP contribution in [-0.4, -0.2) is 47.7 Å². The SMILES string of the molecule is COc1ccc2ncc(Cl)c([C@@H](N)CC[C@H]3CCN(CC#Cc4sccc4F)C[C@H]3C(=O)O)c2c1. The fraction of sp³-hybridized carbons (Fsp3) is 0.385. The van der Waals surface area contributed by atoms with Crippen molar-refractivity contribution in [2.45, 2.75) is 25.3 Å². The number of aromatic nitrogens is 1. The molecule has 6 nitrogen and oxygen atoms in total. The molecule has 3 aromatic rings. The first-order valence-electron chi connectivity index (χ1n) is 11.4. The molecular formula is C26H27ClFN3O3S. The maximum Gasteiger partial charge on any atom is 0.308 e. The van der Waals surface area contributed by atoms with E-state index < -0.39 is 11.9 Å². The maximum atomic E-state index is 13.5. The highest BCUT2D eigenvalue weighted by molar-refractivity contribution is 7.10. The lowest BCUT2D eigenvalue weighted by Gasteiger charge is -2.36. The Kier molecular flexibility index (Phi) is 8.24. The van der Waals surface area contributed by atoms with E-state index in [9.17, 15) is 14.3 Å². The fourth-order valence-corrected chi connectivity index (χ4v) is 5.59. The topological polar surface area (TPSA) is 88.7 Å². The van der Waals surface area contributed by atoms with Crippen LogP contribution in [0.25, 0.3) is 10.9 Å². The Morgan fingerprint density at radius 1 is 1.46 bits per heavy atom. The summed E-state index contributed by atoms with van der Waals surface area (Å²) in [5.74, 6) is 4.87. The van der Waals surface area contributed by atoms with Gasteiger partial charge in [0.2, 0.25) is 0 Å². The molecule has 1 aliphatic heterocycles. The molecule has 0 aliphatic carbocycles. The zero-order valence-electron chi connectivity index (χ0n) is 19.3. The molecule has 0 unspecified atom stereocenters. The monoisotopic (exact) mass is 515 g/mol. The molecule has 9 heteroatoms. The van der Waals surface area contributed by atoms with Crippen molar-refractivity contribution >= 4 is 39.8 Å². The van der Waals surface area contributed by atoms with Crippen LogP contribution in [0.1, 0.15) is 35.7 Å². The van der Waals surface area contributed by atoms with Crippen LogP contribution in [0.15, 0.2) is 35.8 Å². The number of carboxylic acid groups (broad SMARTS) is 1. The third-order valence-electron chi connectivity index (χ3n) is 6.57. The van der Waals surface area contributed by atoms with Crippen molar-refractivity contribution in [3.8, 4) is 17.6 Å². The number of rotatable bonds is 7. The largest absolute Gasteiger partial charge is 0.497 e. The third kappa shape index (κ3) is 5.93. The van der Waals surface area contributed by atoms with Crippen molar-refractivity contribution in [2.24, 2.45) is 17.6 Å². The Balaban J connectivity index is 1.41. The number of methoxy groups -OCH3 is 1. The number of nitrogens with zero attached hydrogens (tertiary/aromatic N) is 2. The summed E-state index contributed by atoms with van der Waals surface area (Å²) in [7, 11) is 1.60. The van der Waals surface area contributed by atoms with Gasteiger partial charge in [-0.15, -0.1) is 11.3 Å². The van der Waals surface area contributed by atoms with Crippen LogP contribution in [0.4, 0.5) is 4.39 Å². The minimum absolute atomic E-state index is 0.00101. The predicted molar refractivity (Wildman–Crippen MR) is 136 cm³/mol. The van der Waals surface area contributed by atoms with Crippen LogP contribution in [0.2, 0.25) is 5.02 Å². The van der Waals surface area contributed by atoms with Gasteiger partial charge in [0.25, 0.3) is 0 Å². The summed E-state index contributed by atoms with van der Waals surface area (Å²) in [5, 5.41) is 12.9. The van der Waals surface area contributed by atoms with Gasteiger partial charge in [-0.25, -0.2) is 4.39 Å². The Hall–Kier alpha value is -2.70. The van der Waals surface area contributed by atoms with E-state index >= 15 is 0 Å². The number of piperidine rings is 1. The van der Waals surface area contributed by atoms with Gasteiger partial charge in [-0.05, 0) is 66.9 Å². The molecule has 0 saturated carbocycles. The maximum absolute atomic E-state index is 13.5. The highest BCUT2D eigenvalue weighted by atomic mass is 35.5. The van der Waals surface area contributed by atoms with Gasteiger partial charge in [-0.1, -0.05) is 23.4 Å². The number of carboxylic acids is 1. The van der Waals surface area contributed by atoms with Crippen molar-refractivity contribution in [3.05, 3.63) is 57.1 Å². The van der Waals surface area contributed by atoms with Crippen LogP contribution in [0.3, 0.4) is 0 Å². The molecule has 0 bridgehead atoms. The average molecular weight is 516 g/mol. The number of hydrogen-bond acceptors (Lipinski definition) is 6. The van der Waals surface area contributed by atoms with Crippen LogP contribution < -0.4 is 10.5 Å². The minimum atomic E-state index is -0.817. The van der Waals surface area contributed by atoms with Gasteiger partial charge >= 0.3 is 5.97 Å². The van der Waals surface area contributed by atoms with E-state index in [4.69, 9.17) is 22.1 Å². The van der Waals surface area contributed by atoms with Gasteiger partial charge in [-0.2, -0.15) is 0 Å². The molecule has 3 atom stereocenters. The first-order valence-corrected chi connectivity index (χ1v) is 12.7. The number of likely N-dealkylation sites (tertiary alicyclic amines) is 1. The summed E-state index contributed by atoms with van der Waals surface area (Å²) in [4.78, 5) is 18.9. The quantitative estimate of drug-likeness (QED) is 0.433. The summed E-state index contributed by atoms with van der Waals surface area (Å²) in [6.07, 6.45) is 3.61. The fourth-order valence-electron chi connectivity index (χ4n) is 4.66. The molecular weight excluding hydrogens is 489 g/mol. The van der Waals surface area contributed by atoms with E-state index in [1.54, 1.807) is 18.7 Å².